The van der Waals surface area contributed by atoms with Crippen LogP contribution in [0.25, 0.3) is 0 Å². The first-order chi connectivity index (χ1) is 9.43. The molecule has 8 heteroatoms. The summed E-state index contributed by atoms with van der Waals surface area (Å²) in [6.45, 7) is 4.77. The molecule has 21 heavy (non-hydrogen) atoms. The Hall–Kier alpha value is -1.28. The molecule has 1 aromatic carbocycles. The van der Waals surface area contributed by atoms with Gasteiger partial charge in [-0.25, -0.2) is 13.6 Å². The Balaban J connectivity index is 2.93. The van der Waals surface area contributed by atoms with Crippen molar-refractivity contribution in [2.24, 2.45) is 5.14 Å². The number of hydrogen-bond donors (Lipinski definition) is 1. The first-order valence-corrected chi connectivity index (χ1v) is 7.81. The minimum atomic E-state index is -4.21. The average Bonchev–Trinajstić information content (AvgIpc) is 2.30. The smallest absolute Gasteiger partial charge is 0.389 e. The molecule has 0 aliphatic rings. The minimum Gasteiger partial charge on any atom is -0.493 e. The monoisotopic (exact) mass is 325 g/mol. The van der Waals surface area contributed by atoms with Crippen molar-refractivity contribution >= 4 is 10.0 Å². The molecule has 0 bridgehead atoms. The Labute approximate surface area is 122 Å². The number of benzene rings is 1. The van der Waals surface area contributed by atoms with Gasteiger partial charge in [-0.1, -0.05) is 0 Å². The van der Waals surface area contributed by atoms with Crippen LogP contribution in [0.5, 0.6) is 5.75 Å². The second-order valence-corrected chi connectivity index (χ2v) is 6.41. The summed E-state index contributed by atoms with van der Waals surface area (Å²) < 4.78 is 64.4. The first kappa shape index (κ1) is 17.8. The topological polar surface area (TPSA) is 69.4 Å². The molecule has 0 saturated heterocycles. The standard InChI is InChI=1S/C13H18F3NO3S/c1-8-7-11(21(17,18)19)9(2)10(3)12(8)20-6-4-5-13(14,15)16/h7H,4-6H2,1-3H3,(H2,17,18,19). The van der Waals surface area contributed by atoms with Gasteiger partial charge in [-0.3, -0.25) is 0 Å². The maximum atomic E-state index is 12.1. The lowest BCUT2D eigenvalue weighted by molar-refractivity contribution is -0.136. The largest absolute Gasteiger partial charge is 0.493 e. The zero-order valence-corrected chi connectivity index (χ0v) is 12.9. The minimum absolute atomic E-state index is 0.000131. The van der Waals surface area contributed by atoms with Gasteiger partial charge in [-0.05, 0) is 49.9 Å². The quantitative estimate of drug-likeness (QED) is 0.846. The summed E-state index contributed by atoms with van der Waals surface area (Å²) in [6.07, 6.45) is -5.28. The van der Waals surface area contributed by atoms with E-state index in [1.807, 2.05) is 0 Å². The van der Waals surface area contributed by atoms with Gasteiger partial charge in [0.25, 0.3) is 0 Å². The van der Waals surface area contributed by atoms with E-state index in [2.05, 4.69) is 0 Å². The molecule has 0 fully saturated rings. The van der Waals surface area contributed by atoms with E-state index in [1.165, 1.54) is 6.07 Å². The number of hydrogen-bond acceptors (Lipinski definition) is 3. The summed E-state index contributed by atoms with van der Waals surface area (Å²) in [5.41, 5.74) is 1.52. The van der Waals surface area contributed by atoms with Crippen LogP contribution in [-0.2, 0) is 10.0 Å². The first-order valence-electron chi connectivity index (χ1n) is 6.26. The van der Waals surface area contributed by atoms with E-state index < -0.39 is 22.6 Å². The summed E-state index contributed by atoms with van der Waals surface area (Å²) in [4.78, 5) is 0.000131. The van der Waals surface area contributed by atoms with E-state index in [-0.39, 0.29) is 17.9 Å². The Morgan fingerprint density at radius 3 is 2.24 bits per heavy atom. The fourth-order valence-electron chi connectivity index (χ4n) is 1.99. The molecule has 0 aliphatic heterocycles. The number of primary sulfonamides is 1. The Bertz CT molecular complexity index is 625. The fraction of sp³-hybridized carbons (Fsp3) is 0.538. The molecule has 0 radical (unpaired) electrons. The third kappa shape index (κ3) is 4.89. The highest BCUT2D eigenvalue weighted by molar-refractivity contribution is 7.89. The number of aryl methyl sites for hydroxylation is 1. The summed E-state index contributed by atoms with van der Waals surface area (Å²) in [6, 6.07) is 1.37. The van der Waals surface area contributed by atoms with Crippen LogP contribution < -0.4 is 9.88 Å². The van der Waals surface area contributed by atoms with Crippen molar-refractivity contribution in [3.8, 4) is 5.75 Å². The van der Waals surface area contributed by atoms with Crippen LogP contribution in [-0.4, -0.2) is 21.2 Å². The van der Waals surface area contributed by atoms with Crippen molar-refractivity contribution in [3.05, 3.63) is 22.8 Å². The molecule has 120 valence electrons. The van der Waals surface area contributed by atoms with Crippen LogP contribution in [0.1, 0.15) is 29.5 Å². The molecule has 0 heterocycles. The number of ether oxygens (including phenoxy) is 1. The maximum absolute atomic E-state index is 12.1. The molecule has 0 aliphatic carbocycles. The van der Waals surface area contributed by atoms with E-state index >= 15 is 0 Å². The lowest BCUT2D eigenvalue weighted by atomic mass is 10.1. The van der Waals surface area contributed by atoms with Crippen molar-refractivity contribution in [2.45, 2.75) is 44.7 Å². The fourth-order valence-corrected chi connectivity index (χ4v) is 2.91. The van der Waals surface area contributed by atoms with Crippen molar-refractivity contribution in [2.75, 3.05) is 6.61 Å². The highest BCUT2D eigenvalue weighted by Crippen LogP contribution is 2.31. The zero-order chi connectivity index (χ0) is 16.4. The second kappa shape index (κ2) is 6.23. The van der Waals surface area contributed by atoms with Gasteiger partial charge in [-0.15, -0.1) is 0 Å². The molecule has 0 amide bonds. The summed E-state index contributed by atoms with van der Waals surface area (Å²) in [7, 11) is -3.84. The SMILES string of the molecule is Cc1cc(S(N)(=O)=O)c(C)c(C)c1OCCCC(F)(F)F. The lowest BCUT2D eigenvalue weighted by Gasteiger charge is -2.17. The lowest BCUT2D eigenvalue weighted by Crippen LogP contribution is -2.15. The Morgan fingerprint density at radius 2 is 1.76 bits per heavy atom. The molecule has 2 N–H and O–H groups in total. The molecule has 0 unspecified atom stereocenters. The number of alkyl halides is 3. The van der Waals surface area contributed by atoms with Crippen molar-refractivity contribution in [1.29, 1.82) is 0 Å². The van der Waals surface area contributed by atoms with E-state index in [9.17, 15) is 21.6 Å². The van der Waals surface area contributed by atoms with Gasteiger partial charge in [0.15, 0.2) is 0 Å². The number of nitrogens with two attached hydrogens (primary N) is 1. The number of halogens is 3. The summed E-state index contributed by atoms with van der Waals surface area (Å²) >= 11 is 0. The summed E-state index contributed by atoms with van der Waals surface area (Å²) in [5, 5.41) is 5.12. The third-order valence-electron chi connectivity index (χ3n) is 3.14. The molecular weight excluding hydrogens is 307 g/mol. The third-order valence-corrected chi connectivity index (χ3v) is 4.17. The highest BCUT2D eigenvalue weighted by Gasteiger charge is 2.26. The second-order valence-electron chi connectivity index (χ2n) is 4.88. The number of rotatable bonds is 5. The average molecular weight is 325 g/mol. The van der Waals surface area contributed by atoms with E-state index in [1.54, 1.807) is 20.8 Å². The van der Waals surface area contributed by atoms with E-state index in [0.717, 1.165) is 0 Å². The van der Waals surface area contributed by atoms with Gasteiger partial charge in [0.2, 0.25) is 10.0 Å². The molecular formula is C13H18F3NO3S. The maximum Gasteiger partial charge on any atom is 0.389 e. The van der Waals surface area contributed by atoms with Crippen LogP contribution in [0.15, 0.2) is 11.0 Å². The molecule has 0 saturated carbocycles. The van der Waals surface area contributed by atoms with Crippen LogP contribution in [0.3, 0.4) is 0 Å². The van der Waals surface area contributed by atoms with E-state index in [0.29, 0.717) is 22.4 Å². The predicted molar refractivity (Wildman–Crippen MR) is 72.8 cm³/mol. The van der Waals surface area contributed by atoms with Crippen LogP contribution in [0.2, 0.25) is 0 Å². The molecule has 0 spiro atoms. The predicted octanol–water partition coefficient (Wildman–Crippen LogP) is 2.98. The van der Waals surface area contributed by atoms with Crippen LogP contribution in [0.4, 0.5) is 13.2 Å². The zero-order valence-electron chi connectivity index (χ0n) is 12.0. The van der Waals surface area contributed by atoms with Crippen molar-refractivity contribution < 1.29 is 26.3 Å². The van der Waals surface area contributed by atoms with Gasteiger partial charge in [-0.2, -0.15) is 13.2 Å². The van der Waals surface area contributed by atoms with Gasteiger partial charge in [0.05, 0.1) is 11.5 Å². The van der Waals surface area contributed by atoms with Gasteiger partial charge < -0.3 is 4.74 Å². The van der Waals surface area contributed by atoms with Crippen LogP contribution in [0, 0.1) is 20.8 Å². The Kier molecular flexibility index (Phi) is 5.27. The summed E-state index contributed by atoms with van der Waals surface area (Å²) in [5.74, 6) is 0.405. The van der Waals surface area contributed by atoms with Gasteiger partial charge >= 0.3 is 6.18 Å². The molecule has 1 aromatic rings. The van der Waals surface area contributed by atoms with Gasteiger partial charge in [0, 0.05) is 6.42 Å². The van der Waals surface area contributed by atoms with Gasteiger partial charge in [0.1, 0.15) is 5.75 Å². The normalized spacial score (nSPS) is 12.5. The van der Waals surface area contributed by atoms with Crippen LogP contribution >= 0.6 is 0 Å². The van der Waals surface area contributed by atoms with E-state index in [4.69, 9.17) is 9.88 Å². The molecule has 1 rings (SSSR count). The highest BCUT2D eigenvalue weighted by atomic mass is 32.2. The number of sulfonamides is 1. The van der Waals surface area contributed by atoms with Crippen molar-refractivity contribution in [3.63, 3.8) is 0 Å². The Morgan fingerprint density at radius 1 is 1.19 bits per heavy atom. The molecule has 4 nitrogen and oxygen atoms in total. The molecule has 0 atom stereocenters. The van der Waals surface area contributed by atoms with Crippen molar-refractivity contribution in [1.82, 2.24) is 0 Å². The molecule has 0 aromatic heterocycles.